The summed E-state index contributed by atoms with van der Waals surface area (Å²) in [6, 6.07) is 9.12. The number of benzene rings is 2. The molecule has 4 rings (SSSR count). The number of amides is 3. The highest BCUT2D eigenvalue weighted by molar-refractivity contribution is 6.06. The predicted octanol–water partition coefficient (Wildman–Crippen LogP) is 4.95. The number of nitrogens with one attached hydrogen (secondary N) is 1. The summed E-state index contributed by atoms with van der Waals surface area (Å²) >= 11 is 0. The van der Waals surface area contributed by atoms with Crippen LogP contribution >= 0.6 is 0 Å². The molecule has 1 aliphatic carbocycles. The van der Waals surface area contributed by atoms with Gasteiger partial charge in [0, 0.05) is 29.9 Å². The largest absolute Gasteiger partial charge is 0.416 e. The van der Waals surface area contributed by atoms with E-state index >= 15 is 0 Å². The lowest BCUT2D eigenvalue weighted by Gasteiger charge is -2.41. The van der Waals surface area contributed by atoms with Gasteiger partial charge in [0.2, 0.25) is 0 Å². The van der Waals surface area contributed by atoms with E-state index in [2.05, 4.69) is 5.32 Å². The fourth-order valence-corrected chi connectivity index (χ4v) is 4.41. The van der Waals surface area contributed by atoms with Crippen molar-refractivity contribution >= 4 is 23.4 Å². The Bertz CT molecular complexity index is 1340. The SMILES string of the molecule is CC(=O)C1=C(C)N(c2cccc(C(F)(F)F)c2)C(=O)N(C)C1c1ccc(C#N)cc1C(=O)NC1CC1. The average molecular weight is 496 g/mol. The summed E-state index contributed by atoms with van der Waals surface area (Å²) in [7, 11) is 1.42. The molecular weight excluding hydrogens is 473 g/mol. The van der Waals surface area contributed by atoms with Gasteiger partial charge in [-0.15, -0.1) is 0 Å². The number of hydrogen-bond donors (Lipinski definition) is 1. The lowest BCUT2D eigenvalue weighted by atomic mass is 9.87. The van der Waals surface area contributed by atoms with Gasteiger partial charge in [-0.25, -0.2) is 4.79 Å². The number of ketones is 1. The molecule has 3 amide bonds. The van der Waals surface area contributed by atoms with Gasteiger partial charge < -0.3 is 10.2 Å². The van der Waals surface area contributed by atoms with Gasteiger partial charge in [0.05, 0.1) is 28.9 Å². The van der Waals surface area contributed by atoms with Crippen LogP contribution in [0.4, 0.5) is 23.7 Å². The first-order valence-electron chi connectivity index (χ1n) is 11.2. The van der Waals surface area contributed by atoms with E-state index in [4.69, 9.17) is 0 Å². The first-order chi connectivity index (χ1) is 16.9. The molecule has 1 fully saturated rings. The number of hydrogen-bond acceptors (Lipinski definition) is 4. The van der Waals surface area contributed by atoms with Crippen LogP contribution in [-0.4, -0.2) is 35.7 Å². The molecule has 0 bridgehead atoms. The molecule has 1 aliphatic heterocycles. The van der Waals surface area contributed by atoms with Crippen LogP contribution in [0.3, 0.4) is 0 Å². The number of allylic oxidation sites excluding steroid dienone is 1. The molecule has 2 aromatic carbocycles. The second-order valence-corrected chi connectivity index (χ2v) is 8.90. The van der Waals surface area contributed by atoms with Crippen LogP contribution in [0.5, 0.6) is 0 Å². The number of anilines is 1. The van der Waals surface area contributed by atoms with E-state index in [1.165, 1.54) is 56.1 Å². The minimum absolute atomic E-state index is 0.0303. The van der Waals surface area contributed by atoms with Gasteiger partial charge in [-0.1, -0.05) is 12.1 Å². The molecule has 0 saturated heterocycles. The maximum atomic E-state index is 13.5. The molecular formula is C26H23F3N4O3. The highest BCUT2D eigenvalue weighted by Gasteiger charge is 2.41. The summed E-state index contributed by atoms with van der Waals surface area (Å²) in [5.41, 5.74) is 0.0809. The van der Waals surface area contributed by atoms with Gasteiger partial charge in [0.15, 0.2) is 5.78 Å². The third-order valence-corrected chi connectivity index (χ3v) is 6.32. The van der Waals surface area contributed by atoms with Crippen molar-refractivity contribution in [1.29, 1.82) is 5.26 Å². The standard InChI is InChI=1S/C26H23F3N4O3/c1-14-22(15(2)34)23(20-10-7-16(13-30)11-21(20)24(35)31-18-8-9-18)32(3)25(36)33(14)19-6-4-5-17(12-19)26(27,28)29/h4-7,10-12,18,23H,8-9H2,1-3H3,(H,31,35). The number of carbonyl (C=O) groups excluding carboxylic acids is 3. The maximum absolute atomic E-state index is 13.5. The summed E-state index contributed by atoms with van der Waals surface area (Å²) in [5.74, 6) is -0.835. The Morgan fingerprint density at radius 3 is 2.42 bits per heavy atom. The van der Waals surface area contributed by atoms with Crippen LogP contribution < -0.4 is 10.2 Å². The summed E-state index contributed by atoms with van der Waals surface area (Å²) < 4.78 is 40.0. The van der Waals surface area contributed by atoms with Gasteiger partial charge in [-0.2, -0.15) is 18.4 Å². The maximum Gasteiger partial charge on any atom is 0.416 e. The monoisotopic (exact) mass is 496 g/mol. The number of carbonyl (C=O) groups is 3. The van der Waals surface area contributed by atoms with Crippen molar-refractivity contribution in [1.82, 2.24) is 10.2 Å². The highest BCUT2D eigenvalue weighted by atomic mass is 19.4. The van der Waals surface area contributed by atoms with Crippen LogP contribution in [0.15, 0.2) is 53.7 Å². The Balaban J connectivity index is 1.88. The first kappa shape index (κ1) is 25.0. The highest BCUT2D eigenvalue weighted by Crippen LogP contribution is 2.41. The number of nitrogens with zero attached hydrogens (tertiary/aromatic N) is 3. The second kappa shape index (κ2) is 9.15. The summed E-state index contributed by atoms with van der Waals surface area (Å²) in [4.78, 5) is 41.7. The molecule has 1 unspecified atom stereocenters. The van der Waals surface area contributed by atoms with E-state index in [-0.39, 0.29) is 34.1 Å². The molecule has 186 valence electrons. The normalized spacial score (nSPS) is 18.2. The van der Waals surface area contributed by atoms with E-state index in [1.54, 1.807) is 0 Å². The van der Waals surface area contributed by atoms with Gasteiger partial charge in [-0.05, 0) is 62.6 Å². The van der Waals surface area contributed by atoms with E-state index in [9.17, 15) is 32.8 Å². The Kier molecular flexibility index (Phi) is 6.35. The van der Waals surface area contributed by atoms with Crippen LogP contribution in [0.25, 0.3) is 0 Å². The van der Waals surface area contributed by atoms with Gasteiger partial charge >= 0.3 is 12.2 Å². The number of nitriles is 1. The minimum Gasteiger partial charge on any atom is -0.349 e. The van der Waals surface area contributed by atoms with Gasteiger partial charge in [-0.3, -0.25) is 14.5 Å². The van der Waals surface area contributed by atoms with Gasteiger partial charge in [0.1, 0.15) is 0 Å². The van der Waals surface area contributed by atoms with E-state index in [1.807, 2.05) is 6.07 Å². The van der Waals surface area contributed by atoms with Crippen LogP contribution in [-0.2, 0) is 11.0 Å². The van der Waals surface area contributed by atoms with Crippen LogP contribution in [0.1, 0.15) is 59.8 Å². The fourth-order valence-electron chi connectivity index (χ4n) is 4.41. The van der Waals surface area contributed by atoms with Crippen molar-refractivity contribution in [2.45, 2.75) is 44.9 Å². The third-order valence-electron chi connectivity index (χ3n) is 6.32. The molecule has 10 heteroatoms. The van der Waals surface area contributed by atoms with Gasteiger partial charge in [0.25, 0.3) is 5.91 Å². The topological polar surface area (TPSA) is 93.5 Å². The number of halogens is 3. The van der Waals surface area contributed by atoms with Crippen molar-refractivity contribution in [3.05, 3.63) is 76.0 Å². The zero-order valence-electron chi connectivity index (χ0n) is 19.8. The molecule has 7 nitrogen and oxygen atoms in total. The van der Waals surface area contributed by atoms with Crippen molar-refractivity contribution < 1.29 is 27.6 Å². The average Bonchev–Trinajstić information content (AvgIpc) is 3.64. The molecule has 2 aromatic rings. The Labute approximate surface area is 205 Å². The zero-order valence-corrected chi connectivity index (χ0v) is 19.8. The number of alkyl halides is 3. The van der Waals surface area contributed by atoms with Crippen LogP contribution in [0, 0.1) is 11.3 Å². The molecule has 1 saturated carbocycles. The van der Waals surface area contributed by atoms with Crippen molar-refractivity contribution in [3.8, 4) is 6.07 Å². The quantitative estimate of drug-likeness (QED) is 0.634. The smallest absolute Gasteiger partial charge is 0.349 e. The van der Waals surface area contributed by atoms with Crippen molar-refractivity contribution in [2.75, 3.05) is 11.9 Å². The zero-order chi connectivity index (χ0) is 26.4. The number of urea groups is 1. The Hall–Kier alpha value is -4.13. The van der Waals surface area contributed by atoms with Crippen LogP contribution in [0.2, 0.25) is 0 Å². The first-order valence-corrected chi connectivity index (χ1v) is 11.2. The summed E-state index contributed by atoms with van der Waals surface area (Å²) in [5, 5.41) is 12.2. The molecule has 1 heterocycles. The second-order valence-electron chi connectivity index (χ2n) is 8.90. The van der Waals surface area contributed by atoms with Crippen molar-refractivity contribution in [3.63, 3.8) is 0 Å². The number of likely N-dealkylation sites (N-methyl/N-ethyl adjacent to an activating group) is 1. The third kappa shape index (κ3) is 4.56. The van der Waals surface area contributed by atoms with Crippen molar-refractivity contribution in [2.24, 2.45) is 0 Å². The number of Topliss-reactive ketones (excluding diaryl/α,β-unsaturated/α-hetero) is 1. The van der Waals surface area contributed by atoms with E-state index < -0.39 is 35.5 Å². The lowest BCUT2D eigenvalue weighted by Crippen LogP contribution is -2.49. The molecule has 0 aromatic heterocycles. The summed E-state index contributed by atoms with van der Waals surface area (Å²) in [6.45, 7) is 2.79. The molecule has 2 aliphatic rings. The lowest BCUT2D eigenvalue weighted by molar-refractivity contribution is -0.137. The predicted molar refractivity (Wildman–Crippen MR) is 125 cm³/mol. The number of rotatable bonds is 5. The molecule has 1 N–H and O–H groups in total. The van der Waals surface area contributed by atoms with E-state index in [0.717, 1.165) is 29.9 Å². The molecule has 36 heavy (non-hydrogen) atoms. The van der Waals surface area contributed by atoms with E-state index in [0.29, 0.717) is 5.56 Å². The minimum atomic E-state index is -4.61. The molecule has 0 spiro atoms. The molecule has 1 atom stereocenters. The Morgan fingerprint density at radius 2 is 1.83 bits per heavy atom. The molecule has 0 radical (unpaired) electrons. The Morgan fingerprint density at radius 1 is 1.14 bits per heavy atom. The fraction of sp³-hybridized carbons (Fsp3) is 0.308. The summed E-state index contributed by atoms with van der Waals surface area (Å²) in [6.07, 6.45) is -2.94.